The highest BCUT2D eigenvalue weighted by atomic mass is 28.3. The summed E-state index contributed by atoms with van der Waals surface area (Å²) in [5, 5.41) is 0. The Labute approximate surface area is 135 Å². The first-order chi connectivity index (χ1) is 10.4. The summed E-state index contributed by atoms with van der Waals surface area (Å²) >= 11 is 0. The lowest BCUT2D eigenvalue weighted by Crippen LogP contribution is -2.33. The van der Waals surface area contributed by atoms with Crippen LogP contribution < -0.4 is 0 Å². The van der Waals surface area contributed by atoms with E-state index in [1.807, 2.05) is 6.07 Å². The second-order valence-corrected chi connectivity index (χ2v) is 9.54. The van der Waals surface area contributed by atoms with Crippen LogP contribution in [0.25, 0.3) is 11.3 Å². The van der Waals surface area contributed by atoms with E-state index in [0.29, 0.717) is 6.10 Å². The summed E-state index contributed by atoms with van der Waals surface area (Å²) in [5.74, 6) is 0. The van der Waals surface area contributed by atoms with E-state index < -0.39 is 9.04 Å². The zero-order valence-electron chi connectivity index (χ0n) is 14.4. The van der Waals surface area contributed by atoms with Gasteiger partial charge in [-0.15, -0.1) is 0 Å². The van der Waals surface area contributed by atoms with E-state index in [1.54, 1.807) is 6.33 Å². The predicted molar refractivity (Wildman–Crippen MR) is 95.5 cm³/mol. The summed E-state index contributed by atoms with van der Waals surface area (Å²) in [6.07, 6.45) is 4.04. The number of imidazole rings is 1. The smallest absolute Gasteiger partial charge is 0.171 e. The molecule has 0 amide bonds. The number of benzene rings is 1. The van der Waals surface area contributed by atoms with Crippen LogP contribution in [0.3, 0.4) is 0 Å². The van der Waals surface area contributed by atoms with Crippen molar-refractivity contribution >= 4 is 9.04 Å². The van der Waals surface area contributed by atoms with Gasteiger partial charge in [0, 0.05) is 6.10 Å². The molecule has 0 saturated heterocycles. The number of aromatic amines is 1. The van der Waals surface area contributed by atoms with Crippen LogP contribution in [0, 0.1) is 5.41 Å². The van der Waals surface area contributed by atoms with Gasteiger partial charge in [0.05, 0.1) is 17.7 Å². The molecule has 1 aromatic heterocycles. The minimum Gasteiger partial charge on any atom is -0.417 e. The Kier molecular flexibility index (Phi) is 5.59. The summed E-state index contributed by atoms with van der Waals surface area (Å²) in [5.41, 5.74) is 3.63. The zero-order valence-corrected chi connectivity index (χ0v) is 15.5. The molecular formula is C18H28N2OSi. The number of aromatic nitrogens is 2. The fraction of sp³-hybridized carbons (Fsp3) is 0.500. The maximum absolute atomic E-state index is 6.26. The molecule has 0 bridgehead atoms. The summed E-state index contributed by atoms with van der Waals surface area (Å²) in [4.78, 5) is 7.81. The van der Waals surface area contributed by atoms with Crippen molar-refractivity contribution in [1.29, 1.82) is 0 Å². The Hall–Kier alpha value is -1.39. The van der Waals surface area contributed by atoms with Gasteiger partial charge in [-0.3, -0.25) is 0 Å². The molecule has 2 aromatic rings. The first-order valence-corrected chi connectivity index (χ1v) is 10.9. The number of nitrogens with one attached hydrogen (secondary N) is 1. The van der Waals surface area contributed by atoms with Crippen LogP contribution in [0.1, 0.15) is 32.9 Å². The third-order valence-corrected chi connectivity index (χ3v) is 4.70. The quantitative estimate of drug-likeness (QED) is 0.801. The summed E-state index contributed by atoms with van der Waals surface area (Å²) in [6, 6.07) is 10.4. The number of hydrogen-bond donors (Lipinski definition) is 1. The third-order valence-electron chi connectivity index (χ3n) is 3.83. The maximum atomic E-state index is 6.26. The molecule has 120 valence electrons. The van der Waals surface area contributed by atoms with E-state index in [2.05, 4.69) is 68.1 Å². The Morgan fingerprint density at radius 2 is 1.86 bits per heavy atom. The van der Waals surface area contributed by atoms with Gasteiger partial charge < -0.3 is 9.41 Å². The second kappa shape index (κ2) is 7.25. The van der Waals surface area contributed by atoms with Crippen molar-refractivity contribution in [3.8, 4) is 11.3 Å². The number of rotatable bonds is 6. The Morgan fingerprint density at radius 1 is 1.18 bits per heavy atom. The molecule has 0 aliphatic heterocycles. The highest BCUT2D eigenvalue weighted by molar-refractivity contribution is 6.48. The monoisotopic (exact) mass is 316 g/mol. The largest absolute Gasteiger partial charge is 0.417 e. The van der Waals surface area contributed by atoms with Gasteiger partial charge in [0.1, 0.15) is 0 Å². The van der Waals surface area contributed by atoms with Gasteiger partial charge in [-0.1, -0.05) is 51.1 Å². The molecule has 1 atom stereocenters. The summed E-state index contributed by atoms with van der Waals surface area (Å²) in [6.45, 7) is 11.3. The molecule has 0 spiro atoms. The topological polar surface area (TPSA) is 37.9 Å². The van der Waals surface area contributed by atoms with Crippen molar-refractivity contribution in [2.45, 2.75) is 52.8 Å². The molecule has 1 aromatic carbocycles. The fourth-order valence-corrected chi connectivity index (χ4v) is 3.87. The molecular weight excluding hydrogens is 288 g/mol. The molecule has 0 fully saturated rings. The lowest BCUT2D eigenvalue weighted by Gasteiger charge is -2.32. The van der Waals surface area contributed by atoms with E-state index in [1.165, 1.54) is 5.56 Å². The van der Waals surface area contributed by atoms with Gasteiger partial charge in [-0.05, 0) is 36.9 Å². The third kappa shape index (κ3) is 4.55. The van der Waals surface area contributed by atoms with Crippen LogP contribution >= 0.6 is 0 Å². The van der Waals surface area contributed by atoms with E-state index in [9.17, 15) is 0 Å². The minimum absolute atomic E-state index is 0.167. The van der Waals surface area contributed by atoms with Crippen LogP contribution in [0.4, 0.5) is 0 Å². The van der Waals surface area contributed by atoms with Crippen LogP contribution in [-0.4, -0.2) is 25.1 Å². The lowest BCUT2D eigenvalue weighted by molar-refractivity contribution is 0.0786. The van der Waals surface area contributed by atoms with Crippen molar-refractivity contribution in [2.75, 3.05) is 0 Å². The number of nitrogens with zero attached hydrogens (tertiary/aromatic N) is 1. The normalized spacial score (nSPS) is 13.5. The van der Waals surface area contributed by atoms with Gasteiger partial charge in [0.25, 0.3) is 0 Å². The van der Waals surface area contributed by atoms with E-state index >= 15 is 0 Å². The highest BCUT2D eigenvalue weighted by Crippen LogP contribution is 2.28. The molecule has 0 aliphatic rings. The first kappa shape index (κ1) is 17.0. The first-order valence-electron chi connectivity index (χ1n) is 8.11. The number of aryl methyl sites for hydroxylation is 1. The lowest BCUT2D eigenvalue weighted by atomic mass is 9.86. The summed E-state index contributed by atoms with van der Waals surface area (Å²) in [7, 11) is -1.04. The summed E-state index contributed by atoms with van der Waals surface area (Å²) < 4.78 is 6.26. The second-order valence-electron chi connectivity index (χ2n) is 7.17. The minimum atomic E-state index is -1.04. The number of H-pyrrole nitrogens is 1. The van der Waals surface area contributed by atoms with Gasteiger partial charge in [-0.25, -0.2) is 4.98 Å². The van der Waals surface area contributed by atoms with Crippen molar-refractivity contribution < 1.29 is 4.43 Å². The van der Waals surface area contributed by atoms with Crippen molar-refractivity contribution in [1.82, 2.24) is 9.97 Å². The molecule has 2 rings (SSSR count). The van der Waals surface area contributed by atoms with E-state index in [0.717, 1.165) is 24.2 Å². The van der Waals surface area contributed by atoms with E-state index in [-0.39, 0.29) is 5.41 Å². The Balaban J connectivity index is 2.10. The molecule has 3 nitrogen and oxygen atoms in total. The van der Waals surface area contributed by atoms with Crippen molar-refractivity contribution in [2.24, 2.45) is 5.41 Å². The zero-order chi connectivity index (χ0) is 16.2. The van der Waals surface area contributed by atoms with Crippen LogP contribution in [0.5, 0.6) is 0 Å². The standard InChI is InChI=1S/C18H28N2OSi/c1-18(2,3)16(21-22(4)5)12-11-15-17(20-13-19-15)14-9-7-6-8-10-14/h6-10,13,16,22H,11-12H2,1-5H3,(H,19,20). The highest BCUT2D eigenvalue weighted by Gasteiger charge is 2.26. The average molecular weight is 317 g/mol. The fourth-order valence-electron chi connectivity index (χ4n) is 2.67. The van der Waals surface area contributed by atoms with E-state index in [4.69, 9.17) is 4.43 Å². The molecule has 1 unspecified atom stereocenters. The van der Waals surface area contributed by atoms with Crippen LogP contribution in [0.15, 0.2) is 36.7 Å². The predicted octanol–water partition coefficient (Wildman–Crippen LogP) is 4.42. The molecule has 1 N–H and O–H groups in total. The maximum Gasteiger partial charge on any atom is 0.171 e. The molecule has 1 heterocycles. The number of hydrogen-bond acceptors (Lipinski definition) is 2. The van der Waals surface area contributed by atoms with Crippen molar-refractivity contribution in [3.63, 3.8) is 0 Å². The average Bonchev–Trinajstić information content (AvgIpc) is 2.91. The van der Waals surface area contributed by atoms with Crippen molar-refractivity contribution in [3.05, 3.63) is 42.4 Å². The molecule has 4 heteroatoms. The SMILES string of the molecule is C[SiH](C)OC(CCc1nc[nH]c1-c1ccccc1)C(C)(C)C. The van der Waals surface area contributed by atoms with Gasteiger partial charge in [-0.2, -0.15) is 0 Å². The molecule has 22 heavy (non-hydrogen) atoms. The molecule has 0 aliphatic carbocycles. The molecule has 0 radical (unpaired) electrons. The van der Waals surface area contributed by atoms with Gasteiger partial charge in [0.2, 0.25) is 0 Å². The van der Waals surface area contributed by atoms with Gasteiger partial charge in [0.15, 0.2) is 9.04 Å². The molecule has 0 saturated carbocycles. The van der Waals surface area contributed by atoms with Crippen LogP contribution in [0.2, 0.25) is 13.1 Å². The Morgan fingerprint density at radius 3 is 2.45 bits per heavy atom. The van der Waals surface area contributed by atoms with Crippen LogP contribution in [-0.2, 0) is 10.8 Å². The van der Waals surface area contributed by atoms with Gasteiger partial charge >= 0.3 is 0 Å². The Bertz CT molecular complexity index is 572.